The van der Waals surface area contributed by atoms with E-state index in [0.29, 0.717) is 43.1 Å². The number of hydrogen-bond acceptors (Lipinski definition) is 8. The number of para-hydroxylation sites is 1. The van der Waals surface area contributed by atoms with E-state index < -0.39 is 10.0 Å². The maximum Gasteiger partial charge on any atom is 0.245 e. The van der Waals surface area contributed by atoms with Crippen LogP contribution in [0.3, 0.4) is 0 Å². The Balaban J connectivity index is 1.42. The van der Waals surface area contributed by atoms with Crippen LogP contribution in [0.25, 0.3) is 10.9 Å². The molecule has 1 aliphatic heterocycles. The van der Waals surface area contributed by atoms with Gasteiger partial charge >= 0.3 is 0 Å². The standard InChI is InChI=1S/C33H40N4O5S2/c1-25-14-21-43-30(25)23-36(18-13-26-11-12-28(41-2)29(22-26)42-3)32(38)24-37(20-19-35-16-4-5-17-35)44(39,40)31-10-6-8-27-9-7-15-34-33(27)31/h6-12,14-15,21-22H,4-5,13,16-20,23-24H2,1-3H3. The summed E-state index contributed by atoms with van der Waals surface area (Å²) < 4.78 is 40.7. The van der Waals surface area contributed by atoms with Gasteiger partial charge in [0, 0.05) is 36.1 Å². The quantitative estimate of drug-likeness (QED) is 0.193. The van der Waals surface area contributed by atoms with E-state index in [9.17, 15) is 13.2 Å². The number of sulfonamides is 1. The SMILES string of the molecule is COc1ccc(CCN(Cc2sccc2C)C(=O)CN(CCN2CCCC2)S(=O)(=O)c2cccc3cccnc23)cc1OC. The minimum absolute atomic E-state index is 0.121. The van der Waals surface area contributed by atoms with Crippen LogP contribution < -0.4 is 9.47 Å². The fourth-order valence-corrected chi connectivity index (χ4v) is 8.02. The molecule has 0 spiro atoms. The van der Waals surface area contributed by atoms with Crippen LogP contribution >= 0.6 is 11.3 Å². The highest BCUT2D eigenvalue weighted by molar-refractivity contribution is 7.89. The zero-order valence-corrected chi connectivity index (χ0v) is 27.2. The summed E-state index contributed by atoms with van der Waals surface area (Å²) in [5.74, 6) is 1.02. The van der Waals surface area contributed by atoms with Crippen molar-refractivity contribution in [3.63, 3.8) is 0 Å². The molecule has 0 saturated carbocycles. The number of hydrogen-bond donors (Lipinski definition) is 0. The first-order chi connectivity index (χ1) is 21.3. The number of amides is 1. The van der Waals surface area contributed by atoms with Crippen LogP contribution in [0.15, 0.2) is 71.1 Å². The van der Waals surface area contributed by atoms with Gasteiger partial charge in [0.1, 0.15) is 4.90 Å². The smallest absolute Gasteiger partial charge is 0.245 e. The van der Waals surface area contributed by atoms with E-state index in [-0.39, 0.29) is 23.9 Å². The molecule has 1 fully saturated rings. The Morgan fingerprint density at radius 2 is 1.77 bits per heavy atom. The molecule has 234 valence electrons. The Kier molecular flexibility index (Phi) is 10.5. The molecule has 1 amide bonds. The average Bonchev–Trinajstić information content (AvgIpc) is 3.72. The number of carbonyl (C=O) groups is 1. The molecule has 4 aromatic rings. The van der Waals surface area contributed by atoms with Crippen molar-refractivity contribution in [2.45, 2.75) is 37.6 Å². The van der Waals surface area contributed by atoms with Crippen molar-refractivity contribution in [3.8, 4) is 11.5 Å². The summed E-state index contributed by atoms with van der Waals surface area (Å²) in [4.78, 5) is 23.8. The van der Waals surface area contributed by atoms with E-state index >= 15 is 0 Å². The zero-order valence-electron chi connectivity index (χ0n) is 25.6. The lowest BCUT2D eigenvalue weighted by molar-refractivity contribution is -0.132. The normalized spacial score (nSPS) is 13.9. The molecule has 0 atom stereocenters. The maximum absolute atomic E-state index is 14.3. The number of thiophene rings is 1. The Morgan fingerprint density at radius 1 is 1.00 bits per heavy atom. The number of nitrogens with zero attached hydrogens (tertiary/aromatic N) is 4. The molecule has 1 aliphatic rings. The predicted molar refractivity (Wildman–Crippen MR) is 174 cm³/mol. The molecular weight excluding hydrogens is 597 g/mol. The van der Waals surface area contributed by atoms with Gasteiger partial charge < -0.3 is 19.3 Å². The van der Waals surface area contributed by atoms with Crippen LogP contribution in [0.1, 0.15) is 28.8 Å². The predicted octanol–water partition coefficient (Wildman–Crippen LogP) is 4.98. The third-order valence-electron chi connectivity index (χ3n) is 8.16. The zero-order chi connectivity index (χ0) is 31.1. The molecule has 2 aromatic heterocycles. The van der Waals surface area contributed by atoms with Gasteiger partial charge in [0.25, 0.3) is 0 Å². The van der Waals surface area contributed by atoms with Crippen LogP contribution in [0, 0.1) is 6.92 Å². The highest BCUT2D eigenvalue weighted by Crippen LogP contribution is 2.29. The van der Waals surface area contributed by atoms with E-state index in [4.69, 9.17) is 9.47 Å². The topological polar surface area (TPSA) is 92.3 Å². The van der Waals surface area contributed by atoms with Crippen molar-refractivity contribution < 1.29 is 22.7 Å². The molecule has 0 bridgehead atoms. The van der Waals surface area contributed by atoms with E-state index in [1.165, 1.54) is 4.31 Å². The summed E-state index contributed by atoms with van der Waals surface area (Å²) in [7, 11) is -0.840. The number of aromatic nitrogens is 1. The lowest BCUT2D eigenvalue weighted by Crippen LogP contribution is -2.45. The number of carbonyl (C=O) groups excluding carboxylic acids is 1. The molecule has 5 rings (SSSR count). The monoisotopic (exact) mass is 636 g/mol. The summed E-state index contributed by atoms with van der Waals surface area (Å²) in [5.41, 5.74) is 2.51. The molecule has 0 aliphatic carbocycles. The van der Waals surface area contributed by atoms with Gasteiger partial charge in [-0.05, 0) is 86.1 Å². The summed E-state index contributed by atoms with van der Waals surface area (Å²) in [6.45, 7) is 5.27. The molecule has 11 heteroatoms. The molecule has 1 saturated heterocycles. The van der Waals surface area contributed by atoms with Crippen LogP contribution in [0.4, 0.5) is 0 Å². The lowest BCUT2D eigenvalue weighted by atomic mass is 10.1. The first kappa shape index (κ1) is 31.9. The van der Waals surface area contributed by atoms with Gasteiger partial charge in [-0.2, -0.15) is 4.31 Å². The molecule has 0 N–H and O–H groups in total. The Bertz CT molecular complexity index is 1680. The van der Waals surface area contributed by atoms with Crippen molar-refractivity contribution in [2.75, 3.05) is 53.5 Å². The first-order valence-electron chi connectivity index (χ1n) is 14.9. The second kappa shape index (κ2) is 14.5. The second-order valence-corrected chi connectivity index (χ2v) is 13.9. The van der Waals surface area contributed by atoms with Crippen molar-refractivity contribution in [1.82, 2.24) is 19.1 Å². The van der Waals surface area contributed by atoms with Crippen LogP contribution in [-0.4, -0.2) is 86.9 Å². The van der Waals surface area contributed by atoms with E-state index in [2.05, 4.69) is 9.88 Å². The van der Waals surface area contributed by atoms with E-state index in [0.717, 1.165) is 47.3 Å². The molecular formula is C33H40N4O5S2. The largest absolute Gasteiger partial charge is 0.493 e. The average molecular weight is 637 g/mol. The minimum Gasteiger partial charge on any atom is -0.493 e. The van der Waals surface area contributed by atoms with Gasteiger partial charge in [-0.15, -0.1) is 11.3 Å². The van der Waals surface area contributed by atoms with Crippen LogP contribution in [0.5, 0.6) is 11.5 Å². The number of pyridine rings is 1. The van der Waals surface area contributed by atoms with Gasteiger partial charge in [-0.25, -0.2) is 8.42 Å². The summed E-state index contributed by atoms with van der Waals surface area (Å²) in [5, 5.41) is 2.76. The van der Waals surface area contributed by atoms with Gasteiger partial charge in [0.2, 0.25) is 15.9 Å². The van der Waals surface area contributed by atoms with E-state index in [1.54, 1.807) is 54.9 Å². The van der Waals surface area contributed by atoms with Crippen molar-refractivity contribution >= 4 is 38.2 Å². The van der Waals surface area contributed by atoms with Crippen molar-refractivity contribution in [2.24, 2.45) is 0 Å². The Morgan fingerprint density at radius 3 is 2.50 bits per heavy atom. The lowest BCUT2D eigenvalue weighted by Gasteiger charge is -2.29. The number of rotatable bonds is 14. The highest BCUT2D eigenvalue weighted by Gasteiger charge is 2.31. The fourth-order valence-electron chi connectivity index (χ4n) is 5.55. The third kappa shape index (κ3) is 7.40. The molecule has 3 heterocycles. The number of ether oxygens (including phenoxy) is 2. The molecule has 44 heavy (non-hydrogen) atoms. The van der Waals surface area contributed by atoms with Crippen molar-refractivity contribution in [3.05, 3.63) is 82.2 Å². The Labute approximate surface area is 264 Å². The van der Waals surface area contributed by atoms with Gasteiger partial charge in [-0.3, -0.25) is 9.78 Å². The van der Waals surface area contributed by atoms with Crippen molar-refractivity contribution in [1.29, 1.82) is 0 Å². The molecule has 0 radical (unpaired) electrons. The second-order valence-electron chi connectivity index (χ2n) is 11.0. The fraction of sp³-hybridized carbons (Fsp3) is 0.394. The van der Waals surface area contributed by atoms with Gasteiger partial charge in [0.15, 0.2) is 11.5 Å². The number of aryl methyl sites for hydroxylation is 1. The van der Waals surface area contributed by atoms with Gasteiger partial charge in [-0.1, -0.05) is 24.3 Å². The molecule has 0 unspecified atom stereocenters. The Hall–Kier alpha value is -3.51. The number of fused-ring (bicyclic) bond motifs is 1. The van der Waals surface area contributed by atoms with E-state index in [1.807, 2.05) is 48.7 Å². The minimum atomic E-state index is -4.03. The summed E-state index contributed by atoms with van der Waals surface area (Å²) in [6.07, 6.45) is 4.37. The number of likely N-dealkylation sites (tertiary alicyclic amines) is 1. The summed E-state index contributed by atoms with van der Waals surface area (Å²) >= 11 is 1.60. The highest BCUT2D eigenvalue weighted by atomic mass is 32.2. The maximum atomic E-state index is 14.3. The summed E-state index contributed by atoms with van der Waals surface area (Å²) in [6, 6.07) is 16.6. The van der Waals surface area contributed by atoms with Crippen LogP contribution in [0.2, 0.25) is 0 Å². The first-order valence-corrected chi connectivity index (χ1v) is 17.2. The molecule has 2 aromatic carbocycles. The number of benzene rings is 2. The molecule has 9 nitrogen and oxygen atoms in total. The third-order valence-corrected chi connectivity index (χ3v) is 11.0. The van der Waals surface area contributed by atoms with Gasteiger partial charge in [0.05, 0.1) is 32.8 Å². The number of methoxy groups -OCH3 is 2. The van der Waals surface area contributed by atoms with Crippen LogP contribution in [-0.2, 0) is 27.8 Å².